The second-order valence-electron chi connectivity index (χ2n) is 15.9. The van der Waals surface area contributed by atoms with E-state index in [0.717, 1.165) is 38.4 Å². The average Bonchev–Trinajstić information content (AvgIpc) is 4.03. The Morgan fingerprint density at radius 2 is 1.27 bits per heavy atom. The molecule has 0 amide bonds. The molecule has 10 rings (SSSR count). The van der Waals surface area contributed by atoms with E-state index in [9.17, 15) is 14.7 Å². The minimum atomic E-state index is -1.15. The van der Waals surface area contributed by atoms with E-state index in [0.29, 0.717) is 78.1 Å². The lowest BCUT2D eigenvalue weighted by molar-refractivity contribution is 0.0539. The number of aromatic carboxylic acids is 1. The molecule has 8 aromatic rings. The summed E-state index contributed by atoms with van der Waals surface area (Å²) in [5.41, 5.74) is 6.59. The number of esters is 1. The van der Waals surface area contributed by atoms with Crippen molar-refractivity contribution in [1.82, 2.24) is 48.6 Å². The first-order valence-electron chi connectivity index (χ1n) is 20.6. The molecule has 2 aliphatic heterocycles. The van der Waals surface area contributed by atoms with Crippen molar-refractivity contribution in [3.63, 3.8) is 0 Å². The molecule has 64 heavy (non-hydrogen) atoms. The van der Waals surface area contributed by atoms with Crippen molar-refractivity contribution < 1.29 is 37.7 Å². The molecule has 1 N–H and O–H groups in total. The van der Waals surface area contributed by atoms with Gasteiger partial charge in [-0.3, -0.25) is 29.3 Å². The van der Waals surface area contributed by atoms with Gasteiger partial charge in [0.05, 0.1) is 41.6 Å². The van der Waals surface area contributed by atoms with Crippen LogP contribution in [0.5, 0.6) is 0 Å². The number of carboxylic acid groups (broad SMARTS) is 1. The number of aryl methyl sites for hydroxylation is 3. The predicted octanol–water partition coefficient (Wildman–Crippen LogP) is 8.26. The van der Waals surface area contributed by atoms with Crippen LogP contribution in [0.2, 0.25) is 0 Å². The Balaban J connectivity index is 0.000000162. The number of hydrogen-bond donors (Lipinski definition) is 1. The van der Waals surface area contributed by atoms with Crippen LogP contribution in [0.25, 0.3) is 44.1 Å². The molecule has 2 saturated heterocycles. The normalized spacial score (nSPS) is 16.1. The molecule has 0 radical (unpaired) electrons. The predicted molar refractivity (Wildman–Crippen MR) is 238 cm³/mol. The number of rotatable bonds is 8. The Kier molecular flexibility index (Phi) is 12.0. The summed E-state index contributed by atoms with van der Waals surface area (Å²) < 4.78 is 55.0. The number of methoxy groups -OCH3 is 1. The number of carbonyl (C=O) groups is 2. The van der Waals surface area contributed by atoms with Gasteiger partial charge in [0.25, 0.3) is 0 Å². The largest absolute Gasteiger partial charge is 0.476 e. The summed E-state index contributed by atoms with van der Waals surface area (Å²) in [4.78, 5) is 42.9. The van der Waals surface area contributed by atoms with Crippen LogP contribution in [0.15, 0.2) is 64.1 Å². The van der Waals surface area contributed by atoms with E-state index in [2.05, 4.69) is 62.0 Å². The van der Waals surface area contributed by atoms with Crippen LogP contribution in [0, 0.1) is 30.4 Å². The minimum absolute atomic E-state index is 0.00724. The van der Waals surface area contributed by atoms with Crippen LogP contribution in [-0.4, -0.2) is 99.2 Å². The molecule has 0 bridgehead atoms. The van der Waals surface area contributed by atoms with E-state index >= 15 is 8.78 Å². The summed E-state index contributed by atoms with van der Waals surface area (Å²) in [7, 11) is 4.77. The van der Waals surface area contributed by atoms with E-state index in [1.807, 2.05) is 22.1 Å². The topological polar surface area (TPSA) is 179 Å². The summed E-state index contributed by atoms with van der Waals surface area (Å²) in [6, 6.07) is 6.83. The maximum atomic E-state index is 15.2. The van der Waals surface area contributed by atoms with Crippen LogP contribution in [0.3, 0.4) is 0 Å². The fraction of sp³-hybridized carbons (Fsp3) is 0.364. The summed E-state index contributed by atoms with van der Waals surface area (Å²) in [5, 5.41) is 18.6. The van der Waals surface area contributed by atoms with Crippen molar-refractivity contribution in [2.75, 3.05) is 33.5 Å². The molecular weight excluding hydrogens is 962 g/mol. The molecular formula is C44H42Br2F2N10O6. The molecule has 0 spiro atoms. The van der Waals surface area contributed by atoms with Gasteiger partial charge in [-0.1, -0.05) is 0 Å². The molecule has 332 valence electrons. The lowest BCUT2D eigenvalue weighted by Gasteiger charge is -2.32. The zero-order valence-electron chi connectivity index (χ0n) is 35.1. The number of nitrogens with zero attached hydrogens (tertiary/aromatic N) is 10. The van der Waals surface area contributed by atoms with E-state index in [1.165, 1.54) is 23.9 Å². The molecule has 2 atom stereocenters. The van der Waals surface area contributed by atoms with E-state index in [-0.39, 0.29) is 28.9 Å². The highest BCUT2D eigenvalue weighted by atomic mass is 79.9. The molecule has 0 aromatic carbocycles. The Morgan fingerprint density at radius 1 is 0.750 bits per heavy atom. The number of ether oxygens (including phenoxy) is 3. The van der Waals surface area contributed by atoms with Gasteiger partial charge in [0.1, 0.15) is 44.7 Å². The number of carbonyl (C=O) groups excluding carboxylic acids is 1. The Morgan fingerprint density at radius 3 is 1.81 bits per heavy atom. The molecule has 0 aliphatic carbocycles. The maximum Gasteiger partial charge on any atom is 0.360 e. The van der Waals surface area contributed by atoms with Crippen LogP contribution < -0.4 is 0 Å². The van der Waals surface area contributed by atoms with E-state index in [4.69, 9.17) is 14.2 Å². The standard InChI is InChI=1S/2C22H21BrFN5O3/c1-28-20-17-15(10-13(23)11-26-17)29(21(20)18(27-28)22(30)31-2)19(12-5-8-32-9-6-12)16-14(24)4-3-7-25-16;1-11-13(23)10-26-16-18(11)29(21-17(22(30)31)27-28(2)20(16)21)19(12-5-8-32-9-6-12)15-14(24)4-3-7-25-15/h3-4,7,10-12,19H,5-6,8-9H2,1-2H3;3-4,7,10,12,19H,5-6,8-9H2,1-2H3,(H,30,31)/t2*19-/m00/s1. The summed E-state index contributed by atoms with van der Waals surface area (Å²) in [6.07, 6.45) is 9.41. The third-order valence-corrected chi connectivity index (χ3v) is 13.5. The third kappa shape index (κ3) is 7.42. The van der Waals surface area contributed by atoms with Gasteiger partial charge in [0.15, 0.2) is 11.4 Å². The van der Waals surface area contributed by atoms with Crippen molar-refractivity contribution in [2.45, 2.75) is 44.7 Å². The van der Waals surface area contributed by atoms with Gasteiger partial charge in [-0.15, -0.1) is 0 Å². The number of aromatic nitrogens is 10. The smallest absolute Gasteiger partial charge is 0.360 e. The SMILES string of the molecule is COC(=O)c1nn(C)c2c3ncc(Br)cc3n([C@H](c3ncccc3F)C3CCOCC3)c12.Cc1c(Br)cnc2c3c(c(C(=O)O)nn3C)n([C@H](c3ncccc3F)C3CCOCC3)c12. The highest BCUT2D eigenvalue weighted by molar-refractivity contribution is 9.10. The van der Waals surface area contributed by atoms with Crippen LogP contribution in [-0.2, 0) is 28.3 Å². The van der Waals surface area contributed by atoms with Gasteiger partial charge in [0, 0.05) is 74.3 Å². The minimum Gasteiger partial charge on any atom is -0.476 e. The number of halogens is 4. The first-order chi connectivity index (χ1) is 30.9. The molecule has 10 heterocycles. The Labute approximate surface area is 380 Å². The van der Waals surface area contributed by atoms with Gasteiger partial charge >= 0.3 is 11.9 Å². The van der Waals surface area contributed by atoms with Crippen LogP contribution >= 0.6 is 31.9 Å². The van der Waals surface area contributed by atoms with Crippen molar-refractivity contribution in [2.24, 2.45) is 25.9 Å². The molecule has 16 nitrogen and oxygen atoms in total. The van der Waals surface area contributed by atoms with Crippen molar-refractivity contribution in [3.05, 3.63) is 104 Å². The third-order valence-electron chi connectivity index (χ3n) is 12.3. The zero-order chi connectivity index (χ0) is 45.0. The monoisotopic (exact) mass is 1000 g/mol. The summed E-state index contributed by atoms with van der Waals surface area (Å²) >= 11 is 7.06. The number of pyridine rings is 4. The van der Waals surface area contributed by atoms with Gasteiger partial charge in [0.2, 0.25) is 0 Å². The molecule has 8 aromatic heterocycles. The quantitative estimate of drug-likeness (QED) is 0.144. The van der Waals surface area contributed by atoms with E-state index < -0.39 is 35.7 Å². The van der Waals surface area contributed by atoms with Crippen LogP contribution in [0.4, 0.5) is 8.78 Å². The lowest BCUT2D eigenvalue weighted by Crippen LogP contribution is -2.28. The van der Waals surface area contributed by atoms with Crippen molar-refractivity contribution >= 4 is 87.9 Å². The molecule has 0 saturated carbocycles. The number of carboxylic acids is 1. The second kappa shape index (κ2) is 17.7. The average molecular weight is 1000 g/mol. The summed E-state index contributed by atoms with van der Waals surface area (Å²) in [6.45, 7) is 4.20. The highest BCUT2D eigenvalue weighted by Crippen LogP contribution is 2.44. The van der Waals surface area contributed by atoms with Gasteiger partial charge in [-0.2, -0.15) is 10.2 Å². The number of hydrogen-bond acceptors (Lipinski definition) is 11. The highest BCUT2D eigenvalue weighted by Gasteiger charge is 2.38. The lowest BCUT2D eigenvalue weighted by atomic mass is 9.88. The van der Waals surface area contributed by atoms with Crippen molar-refractivity contribution in [1.29, 1.82) is 0 Å². The van der Waals surface area contributed by atoms with Crippen molar-refractivity contribution in [3.8, 4) is 0 Å². The first-order valence-corrected chi connectivity index (χ1v) is 22.2. The number of fused-ring (bicyclic) bond motifs is 6. The van der Waals surface area contributed by atoms with E-state index in [1.54, 1.807) is 55.7 Å². The second-order valence-corrected chi connectivity index (χ2v) is 17.6. The maximum absolute atomic E-state index is 15.2. The van der Waals surface area contributed by atoms with Crippen LogP contribution in [0.1, 0.15) is 75.7 Å². The van der Waals surface area contributed by atoms with Gasteiger partial charge in [-0.05, 0) is 112 Å². The first kappa shape index (κ1) is 43.5. The molecule has 20 heteroatoms. The fourth-order valence-corrected chi connectivity index (χ4v) is 10.0. The molecule has 2 fully saturated rings. The zero-order valence-corrected chi connectivity index (χ0v) is 38.3. The summed E-state index contributed by atoms with van der Waals surface area (Å²) in [5.74, 6) is -2.51. The molecule has 0 unspecified atom stereocenters. The Bertz CT molecular complexity index is 3100. The fourth-order valence-electron chi connectivity index (χ4n) is 9.43. The van der Waals surface area contributed by atoms with Gasteiger partial charge in [-0.25, -0.2) is 18.4 Å². The Hall–Kier alpha value is -5.70. The molecule has 2 aliphatic rings. The van der Waals surface area contributed by atoms with Gasteiger partial charge < -0.3 is 28.5 Å².